The van der Waals surface area contributed by atoms with Crippen molar-refractivity contribution in [2.24, 2.45) is 0 Å². The number of pyridine rings is 1. The molecule has 0 unspecified atom stereocenters. The minimum absolute atomic E-state index is 0.201. The largest absolute Gasteiger partial charge is 0.346 e. The number of hydrogen-bond acceptors (Lipinski definition) is 3. The zero-order valence-corrected chi connectivity index (χ0v) is 13.8. The van der Waals surface area contributed by atoms with Gasteiger partial charge in [-0.15, -0.1) is 0 Å². The number of amides is 2. The lowest BCUT2D eigenvalue weighted by atomic mass is 10.1. The fourth-order valence-electron chi connectivity index (χ4n) is 1.92. The van der Waals surface area contributed by atoms with Crippen molar-refractivity contribution < 1.29 is 9.59 Å². The number of carbonyl (C=O) groups is 2. The lowest BCUT2D eigenvalue weighted by molar-refractivity contribution is 0.0914. The van der Waals surface area contributed by atoms with Crippen molar-refractivity contribution in [3.05, 3.63) is 59.4 Å². The number of aryl methyl sites for hydroxylation is 1. The summed E-state index contributed by atoms with van der Waals surface area (Å²) in [6.07, 6.45) is 0. The molecule has 120 valence electrons. The predicted octanol–water partition coefficient (Wildman–Crippen LogP) is 3.17. The molecule has 2 rings (SSSR count). The van der Waals surface area contributed by atoms with Crippen LogP contribution < -0.4 is 10.6 Å². The third kappa shape index (κ3) is 4.92. The summed E-state index contributed by atoms with van der Waals surface area (Å²) in [4.78, 5) is 28.5. The van der Waals surface area contributed by atoms with Gasteiger partial charge < -0.3 is 10.6 Å². The van der Waals surface area contributed by atoms with E-state index >= 15 is 0 Å². The molecule has 1 heterocycles. The molecule has 0 radical (unpaired) electrons. The standard InChI is InChI=1S/C18H21N3O2/c1-12-8-10-13(11-9-12)19-16(22)14-6-5-7-15(20-14)17(23)21-18(2,3)4/h5-11H,1-4H3,(H,19,22)(H,21,23). The lowest BCUT2D eigenvalue weighted by Crippen LogP contribution is -2.41. The zero-order chi connectivity index (χ0) is 17.0. The third-order valence-electron chi connectivity index (χ3n) is 3.01. The average Bonchev–Trinajstić information content (AvgIpc) is 2.48. The van der Waals surface area contributed by atoms with Gasteiger partial charge in [0.05, 0.1) is 0 Å². The van der Waals surface area contributed by atoms with Crippen molar-refractivity contribution >= 4 is 17.5 Å². The average molecular weight is 311 g/mol. The minimum atomic E-state index is -0.362. The topological polar surface area (TPSA) is 71.1 Å². The molecule has 0 atom stereocenters. The van der Waals surface area contributed by atoms with Crippen molar-refractivity contribution in [1.82, 2.24) is 10.3 Å². The van der Waals surface area contributed by atoms with Gasteiger partial charge in [-0.1, -0.05) is 23.8 Å². The number of benzene rings is 1. The minimum Gasteiger partial charge on any atom is -0.346 e. The molecule has 0 aliphatic heterocycles. The van der Waals surface area contributed by atoms with Gasteiger partial charge in [-0.2, -0.15) is 0 Å². The van der Waals surface area contributed by atoms with Gasteiger partial charge >= 0.3 is 0 Å². The number of carbonyl (C=O) groups excluding carboxylic acids is 2. The number of anilines is 1. The molecule has 5 heteroatoms. The van der Waals surface area contributed by atoms with Gasteiger partial charge in [-0.25, -0.2) is 4.98 Å². The van der Waals surface area contributed by atoms with E-state index in [9.17, 15) is 9.59 Å². The van der Waals surface area contributed by atoms with E-state index in [1.54, 1.807) is 18.2 Å². The zero-order valence-electron chi connectivity index (χ0n) is 13.8. The van der Waals surface area contributed by atoms with Crippen LogP contribution in [0.1, 0.15) is 47.3 Å². The molecule has 2 aromatic rings. The first-order valence-electron chi connectivity index (χ1n) is 7.42. The molecule has 0 spiro atoms. The second-order valence-corrected chi connectivity index (χ2v) is 6.43. The fourth-order valence-corrected chi connectivity index (χ4v) is 1.92. The molecule has 0 saturated carbocycles. The Kier molecular flexibility index (Phi) is 4.79. The van der Waals surface area contributed by atoms with Gasteiger partial charge in [0.1, 0.15) is 11.4 Å². The second-order valence-electron chi connectivity index (χ2n) is 6.43. The highest BCUT2D eigenvalue weighted by molar-refractivity contribution is 6.03. The summed E-state index contributed by atoms with van der Waals surface area (Å²) >= 11 is 0. The lowest BCUT2D eigenvalue weighted by Gasteiger charge is -2.20. The normalized spacial score (nSPS) is 11.0. The summed E-state index contributed by atoms with van der Waals surface area (Å²) in [6.45, 7) is 7.64. The molecule has 23 heavy (non-hydrogen) atoms. The van der Waals surface area contributed by atoms with Crippen LogP contribution in [0.25, 0.3) is 0 Å². The van der Waals surface area contributed by atoms with E-state index in [4.69, 9.17) is 0 Å². The van der Waals surface area contributed by atoms with Crippen LogP contribution in [-0.4, -0.2) is 22.3 Å². The molecule has 1 aromatic heterocycles. The summed E-state index contributed by atoms with van der Waals surface area (Å²) in [7, 11) is 0. The third-order valence-corrected chi connectivity index (χ3v) is 3.01. The molecule has 2 amide bonds. The van der Waals surface area contributed by atoms with Crippen LogP contribution in [0.4, 0.5) is 5.69 Å². The second kappa shape index (κ2) is 6.60. The molecule has 0 aliphatic carbocycles. The summed E-state index contributed by atoms with van der Waals surface area (Å²) in [6, 6.07) is 12.3. The Morgan fingerprint density at radius 2 is 1.48 bits per heavy atom. The maximum Gasteiger partial charge on any atom is 0.274 e. The van der Waals surface area contributed by atoms with Gasteiger partial charge in [0, 0.05) is 11.2 Å². The quantitative estimate of drug-likeness (QED) is 0.914. The number of nitrogens with one attached hydrogen (secondary N) is 2. The van der Waals surface area contributed by atoms with Gasteiger partial charge in [-0.05, 0) is 52.0 Å². The molecule has 1 aromatic carbocycles. The van der Waals surface area contributed by atoms with E-state index in [1.165, 1.54) is 0 Å². The van der Waals surface area contributed by atoms with Gasteiger partial charge in [-0.3, -0.25) is 9.59 Å². The van der Waals surface area contributed by atoms with Crippen LogP contribution >= 0.6 is 0 Å². The molecule has 5 nitrogen and oxygen atoms in total. The molecular formula is C18H21N3O2. The van der Waals surface area contributed by atoms with Gasteiger partial charge in [0.2, 0.25) is 0 Å². The summed E-state index contributed by atoms with van der Waals surface area (Å²) in [5, 5.41) is 5.59. The predicted molar refractivity (Wildman–Crippen MR) is 90.6 cm³/mol. The van der Waals surface area contributed by atoms with Crippen molar-refractivity contribution in [1.29, 1.82) is 0 Å². The first-order valence-corrected chi connectivity index (χ1v) is 7.42. The smallest absolute Gasteiger partial charge is 0.274 e. The summed E-state index contributed by atoms with van der Waals surface area (Å²) < 4.78 is 0. The van der Waals surface area contributed by atoms with E-state index in [-0.39, 0.29) is 28.7 Å². The number of aromatic nitrogens is 1. The molecule has 2 N–H and O–H groups in total. The van der Waals surface area contributed by atoms with Crippen LogP contribution in [0.5, 0.6) is 0 Å². The highest BCUT2D eigenvalue weighted by Gasteiger charge is 2.17. The monoisotopic (exact) mass is 311 g/mol. The van der Waals surface area contributed by atoms with Crippen LogP contribution in [-0.2, 0) is 0 Å². The first-order chi connectivity index (χ1) is 10.7. The Hall–Kier alpha value is -2.69. The molecule has 0 bridgehead atoms. The van der Waals surface area contributed by atoms with Crippen LogP contribution in [0.2, 0.25) is 0 Å². The number of nitrogens with zero attached hydrogens (tertiary/aromatic N) is 1. The maximum absolute atomic E-state index is 12.3. The first kappa shape index (κ1) is 16.7. The van der Waals surface area contributed by atoms with E-state index in [0.717, 1.165) is 5.56 Å². The highest BCUT2D eigenvalue weighted by Crippen LogP contribution is 2.11. The van der Waals surface area contributed by atoms with E-state index < -0.39 is 0 Å². The van der Waals surface area contributed by atoms with Crippen LogP contribution in [0, 0.1) is 6.92 Å². The van der Waals surface area contributed by atoms with Crippen molar-refractivity contribution in [2.75, 3.05) is 5.32 Å². The van der Waals surface area contributed by atoms with Crippen molar-refractivity contribution in [2.45, 2.75) is 33.2 Å². The SMILES string of the molecule is Cc1ccc(NC(=O)c2cccc(C(=O)NC(C)(C)C)n2)cc1. The van der Waals surface area contributed by atoms with Gasteiger partial charge in [0.15, 0.2) is 0 Å². The number of rotatable bonds is 3. The van der Waals surface area contributed by atoms with E-state index in [1.807, 2.05) is 52.0 Å². The molecule has 0 aliphatic rings. The Morgan fingerprint density at radius 3 is 2.04 bits per heavy atom. The Morgan fingerprint density at radius 1 is 0.913 bits per heavy atom. The highest BCUT2D eigenvalue weighted by atomic mass is 16.2. The van der Waals surface area contributed by atoms with Crippen LogP contribution in [0.3, 0.4) is 0 Å². The Bertz CT molecular complexity index is 716. The molecule has 0 fully saturated rings. The summed E-state index contributed by atoms with van der Waals surface area (Å²) in [5.74, 6) is -0.651. The molecular weight excluding hydrogens is 290 g/mol. The van der Waals surface area contributed by atoms with Crippen LogP contribution in [0.15, 0.2) is 42.5 Å². The number of hydrogen-bond donors (Lipinski definition) is 2. The molecule has 0 saturated heterocycles. The van der Waals surface area contributed by atoms with Gasteiger partial charge in [0.25, 0.3) is 11.8 Å². The maximum atomic E-state index is 12.3. The van der Waals surface area contributed by atoms with Crippen molar-refractivity contribution in [3.8, 4) is 0 Å². The Balaban J connectivity index is 2.14. The van der Waals surface area contributed by atoms with E-state index in [0.29, 0.717) is 5.69 Å². The van der Waals surface area contributed by atoms with E-state index in [2.05, 4.69) is 15.6 Å². The fraction of sp³-hybridized carbons (Fsp3) is 0.278. The summed E-state index contributed by atoms with van der Waals surface area (Å²) in [5.41, 5.74) is 1.86. The Labute approximate surface area is 136 Å². The van der Waals surface area contributed by atoms with Crippen molar-refractivity contribution in [3.63, 3.8) is 0 Å².